The molecule has 0 amide bonds. The molecule has 0 bridgehead atoms. The first-order valence-corrected chi connectivity index (χ1v) is 6.65. The Morgan fingerprint density at radius 1 is 1.11 bits per heavy atom. The van der Waals surface area contributed by atoms with Gasteiger partial charge in [-0.15, -0.1) is 5.10 Å². The quantitative estimate of drug-likeness (QED) is 0.898. The zero-order valence-electron chi connectivity index (χ0n) is 11.0. The smallest absolute Gasteiger partial charge is 0.173 e. The monoisotopic (exact) mass is 258 g/mol. The van der Waals surface area contributed by atoms with Crippen LogP contribution in [-0.4, -0.2) is 33.3 Å². The normalized spacial score (nSPS) is 16.8. The fourth-order valence-electron chi connectivity index (χ4n) is 2.44. The van der Waals surface area contributed by atoms with Gasteiger partial charge in [-0.25, -0.2) is 0 Å². The standard InChI is InChI=1S/C13H18N6/c1-10(14)13-15-16-17-19(13)12-6-4-11(5-7-12)18-8-2-3-9-18/h4-7,10H,2-3,8-9,14H2,1H3. The van der Waals surface area contributed by atoms with E-state index in [1.54, 1.807) is 4.68 Å². The summed E-state index contributed by atoms with van der Waals surface area (Å²) in [5, 5.41) is 11.6. The maximum Gasteiger partial charge on any atom is 0.173 e. The molecule has 1 saturated heterocycles. The Morgan fingerprint density at radius 3 is 2.37 bits per heavy atom. The van der Waals surface area contributed by atoms with E-state index in [2.05, 4.69) is 32.6 Å². The van der Waals surface area contributed by atoms with Gasteiger partial charge in [-0.2, -0.15) is 4.68 Å². The van der Waals surface area contributed by atoms with Crippen LogP contribution >= 0.6 is 0 Å². The molecule has 100 valence electrons. The van der Waals surface area contributed by atoms with Crippen molar-refractivity contribution in [3.05, 3.63) is 30.1 Å². The average molecular weight is 258 g/mol. The summed E-state index contributed by atoms with van der Waals surface area (Å²) in [4.78, 5) is 2.40. The topological polar surface area (TPSA) is 72.9 Å². The summed E-state index contributed by atoms with van der Waals surface area (Å²) in [5.74, 6) is 0.675. The third-order valence-electron chi connectivity index (χ3n) is 3.47. The highest BCUT2D eigenvalue weighted by atomic mass is 15.5. The number of hydrogen-bond donors (Lipinski definition) is 1. The molecular weight excluding hydrogens is 240 g/mol. The molecule has 1 aromatic carbocycles. The Morgan fingerprint density at radius 2 is 1.74 bits per heavy atom. The van der Waals surface area contributed by atoms with Crippen LogP contribution in [0, 0.1) is 0 Å². The van der Waals surface area contributed by atoms with Crippen LogP contribution in [0.3, 0.4) is 0 Å². The number of nitrogens with zero attached hydrogens (tertiary/aromatic N) is 5. The average Bonchev–Trinajstić information content (AvgIpc) is 3.10. The van der Waals surface area contributed by atoms with Crippen LogP contribution in [0.2, 0.25) is 0 Å². The molecule has 1 aliphatic heterocycles. The third kappa shape index (κ3) is 2.31. The van der Waals surface area contributed by atoms with Crippen molar-refractivity contribution < 1.29 is 0 Å². The van der Waals surface area contributed by atoms with Gasteiger partial charge in [-0.05, 0) is 54.5 Å². The zero-order chi connectivity index (χ0) is 13.2. The largest absolute Gasteiger partial charge is 0.372 e. The van der Waals surface area contributed by atoms with Gasteiger partial charge < -0.3 is 10.6 Å². The van der Waals surface area contributed by atoms with E-state index in [1.165, 1.54) is 18.5 Å². The molecule has 0 spiro atoms. The van der Waals surface area contributed by atoms with Crippen molar-refractivity contribution in [2.45, 2.75) is 25.8 Å². The zero-order valence-corrected chi connectivity index (χ0v) is 11.0. The Hall–Kier alpha value is -1.95. The van der Waals surface area contributed by atoms with Crippen molar-refractivity contribution in [3.63, 3.8) is 0 Å². The van der Waals surface area contributed by atoms with Gasteiger partial charge in [0.25, 0.3) is 0 Å². The molecule has 3 rings (SSSR count). The third-order valence-corrected chi connectivity index (χ3v) is 3.47. The Labute approximate surface area is 112 Å². The molecule has 1 aromatic heterocycles. The summed E-state index contributed by atoms with van der Waals surface area (Å²) in [6, 6.07) is 8.13. The number of rotatable bonds is 3. The number of anilines is 1. The van der Waals surface area contributed by atoms with E-state index in [4.69, 9.17) is 5.73 Å². The molecular formula is C13H18N6. The van der Waals surface area contributed by atoms with Gasteiger partial charge in [0.05, 0.1) is 11.7 Å². The van der Waals surface area contributed by atoms with E-state index in [9.17, 15) is 0 Å². The molecule has 6 nitrogen and oxygen atoms in total. The van der Waals surface area contributed by atoms with E-state index in [0.29, 0.717) is 5.82 Å². The Kier molecular flexibility index (Phi) is 3.16. The van der Waals surface area contributed by atoms with Crippen LogP contribution in [-0.2, 0) is 0 Å². The highest BCUT2D eigenvalue weighted by Gasteiger charge is 2.14. The van der Waals surface area contributed by atoms with E-state index in [-0.39, 0.29) is 6.04 Å². The maximum absolute atomic E-state index is 5.85. The SMILES string of the molecule is CC(N)c1nnnn1-c1ccc(N2CCCC2)cc1. The number of hydrogen-bond acceptors (Lipinski definition) is 5. The molecule has 2 N–H and O–H groups in total. The second kappa shape index (κ2) is 4.97. The molecule has 1 fully saturated rings. The van der Waals surface area contributed by atoms with E-state index in [0.717, 1.165) is 18.8 Å². The van der Waals surface area contributed by atoms with Crippen LogP contribution in [0.1, 0.15) is 31.6 Å². The van der Waals surface area contributed by atoms with Crippen molar-refractivity contribution in [3.8, 4) is 5.69 Å². The minimum absolute atomic E-state index is 0.187. The maximum atomic E-state index is 5.85. The lowest BCUT2D eigenvalue weighted by molar-refractivity contribution is 0.688. The predicted octanol–water partition coefficient (Wildman–Crippen LogP) is 1.28. The first-order valence-electron chi connectivity index (χ1n) is 6.65. The van der Waals surface area contributed by atoms with Gasteiger partial charge in [-0.1, -0.05) is 0 Å². The summed E-state index contributed by atoms with van der Waals surface area (Å²) in [7, 11) is 0. The second-order valence-corrected chi connectivity index (χ2v) is 4.95. The van der Waals surface area contributed by atoms with Gasteiger partial charge in [0.1, 0.15) is 0 Å². The molecule has 2 aromatic rings. The van der Waals surface area contributed by atoms with Crippen LogP contribution in [0.15, 0.2) is 24.3 Å². The number of nitrogens with two attached hydrogens (primary N) is 1. The molecule has 1 atom stereocenters. The number of tetrazole rings is 1. The van der Waals surface area contributed by atoms with Crippen molar-refractivity contribution in [2.75, 3.05) is 18.0 Å². The van der Waals surface area contributed by atoms with E-state index >= 15 is 0 Å². The Balaban J connectivity index is 1.87. The molecule has 2 heterocycles. The van der Waals surface area contributed by atoms with Crippen LogP contribution in [0.4, 0.5) is 5.69 Å². The first kappa shape index (κ1) is 12.1. The van der Waals surface area contributed by atoms with Crippen molar-refractivity contribution in [2.24, 2.45) is 5.73 Å². The predicted molar refractivity (Wildman–Crippen MR) is 73.2 cm³/mol. The summed E-state index contributed by atoms with van der Waals surface area (Å²) in [6.45, 7) is 4.17. The van der Waals surface area contributed by atoms with Crippen LogP contribution in [0.5, 0.6) is 0 Å². The molecule has 19 heavy (non-hydrogen) atoms. The van der Waals surface area contributed by atoms with Gasteiger partial charge in [0, 0.05) is 18.8 Å². The first-order chi connectivity index (χ1) is 9.25. The summed E-state index contributed by atoms with van der Waals surface area (Å²) in [6.07, 6.45) is 2.56. The fraction of sp³-hybridized carbons (Fsp3) is 0.462. The van der Waals surface area contributed by atoms with E-state index in [1.807, 2.05) is 19.1 Å². The molecule has 1 aliphatic rings. The van der Waals surface area contributed by atoms with Gasteiger partial charge >= 0.3 is 0 Å². The van der Waals surface area contributed by atoms with Crippen molar-refractivity contribution in [1.82, 2.24) is 20.2 Å². The highest BCUT2D eigenvalue weighted by molar-refractivity contribution is 5.51. The van der Waals surface area contributed by atoms with Crippen molar-refractivity contribution in [1.29, 1.82) is 0 Å². The molecule has 1 unspecified atom stereocenters. The number of benzene rings is 1. The fourth-order valence-corrected chi connectivity index (χ4v) is 2.44. The molecule has 0 radical (unpaired) electrons. The summed E-state index contributed by atoms with van der Waals surface area (Å²) >= 11 is 0. The lowest BCUT2D eigenvalue weighted by atomic mass is 10.2. The molecule has 0 saturated carbocycles. The van der Waals surface area contributed by atoms with Crippen LogP contribution in [0.25, 0.3) is 5.69 Å². The van der Waals surface area contributed by atoms with Crippen molar-refractivity contribution >= 4 is 5.69 Å². The van der Waals surface area contributed by atoms with Gasteiger partial charge in [-0.3, -0.25) is 0 Å². The van der Waals surface area contributed by atoms with Gasteiger partial charge in [0.15, 0.2) is 5.82 Å². The second-order valence-electron chi connectivity index (χ2n) is 4.95. The minimum Gasteiger partial charge on any atom is -0.372 e. The minimum atomic E-state index is -0.187. The summed E-state index contributed by atoms with van der Waals surface area (Å²) < 4.78 is 1.69. The summed E-state index contributed by atoms with van der Waals surface area (Å²) in [5.41, 5.74) is 8.06. The van der Waals surface area contributed by atoms with E-state index < -0.39 is 0 Å². The highest BCUT2D eigenvalue weighted by Crippen LogP contribution is 2.22. The Bertz CT molecular complexity index is 539. The number of aromatic nitrogens is 4. The lowest BCUT2D eigenvalue weighted by Gasteiger charge is -2.17. The molecule has 0 aliphatic carbocycles. The molecule has 6 heteroatoms. The van der Waals surface area contributed by atoms with Gasteiger partial charge in [0.2, 0.25) is 0 Å². The van der Waals surface area contributed by atoms with Crippen LogP contribution < -0.4 is 10.6 Å². The lowest BCUT2D eigenvalue weighted by Crippen LogP contribution is -2.17.